The summed E-state index contributed by atoms with van der Waals surface area (Å²) in [6, 6.07) is 7.60. The average molecular weight is 372 g/mol. The SMILES string of the molecule is Cc1ccccc1-c1nc(C(=O)NC(CC(=O)O)C2CCCCC2)cs1. The Morgan fingerprint density at radius 2 is 2.00 bits per heavy atom. The maximum absolute atomic E-state index is 12.6. The number of carbonyl (C=O) groups excluding carboxylic acids is 1. The standard InChI is InChI=1S/C20H24N2O3S/c1-13-7-5-6-10-15(13)20-22-17(12-26-20)19(25)21-16(11-18(23)24)14-8-3-2-4-9-14/h5-7,10,12,14,16H,2-4,8-9,11H2,1H3,(H,21,25)(H,23,24). The lowest BCUT2D eigenvalue weighted by atomic mass is 9.82. The number of aromatic nitrogens is 1. The molecule has 1 fully saturated rings. The maximum atomic E-state index is 12.6. The lowest BCUT2D eigenvalue weighted by Crippen LogP contribution is -2.42. The van der Waals surface area contributed by atoms with Gasteiger partial charge in [-0.2, -0.15) is 0 Å². The first-order chi connectivity index (χ1) is 12.5. The summed E-state index contributed by atoms with van der Waals surface area (Å²) in [7, 11) is 0. The molecule has 0 aliphatic heterocycles. The van der Waals surface area contributed by atoms with Crippen LogP contribution in [0.5, 0.6) is 0 Å². The van der Waals surface area contributed by atoms with Gasteiger partial charge < -0.3 is 10.4 Å². The van der Waals surface area contributed by atoms with Crippen LogP contribution in [-0.2, 0) is 4.79 Å². The Morgan fingerprint density at radius 3 is 2.69 bits per heavy atom. The molecular weight excluding hydrogens is 348 g/mol. The fraction of sp³-hybridized carbons (Fsp3) is 0.450. The average Bonchev–Trinajstić information content (AvgIpc) is 3.12. The van der Waals surface area contributed by atoms with Gasteiger partial charge in [-0.05, 0) is 31.2 Å². The number of carboxylic acids is 1. The first-order valence-electron chi connectivity index (χ1n) is 9.09. The Hall–Kier alpha value is -2.21. The fourth-order valence-corrected chi connectivity index (χ4v) is 4.51. The number of carboxylic acid groups (broad SMARTS) is 1. The predicted molar refractivity (Wildman–Crippen MR) is 102 cm³/mol. The van der Waals surface area contributed by atoms with Crippen LogP contribution in [0.25, 0.3) is 10.6 Å². The second-order valence-electron chi connectivity index (χ2n) is 6.93. The van der Waals surface area contributed by atoms with E-state index in [-0.39, 0.29) is 24.3 Å². The zero-order valence-corrected chi connectivity index (χ0v) is 15.7. The minimum atomic E-state index is -0.875. The molecule has 5 nitrogen and oxygen atoms in total. The normalized spacial score (nSPS) is 16.2. The van der Waals surface area contributed by atoms with Crippen molar-refractivity contribution < 1.29 is 14.7 Å². The molecule has 1 aliphatic rings. The Kier molecular flexibility index (Phi) is 6.04. The quantitative estimate of drug-likeness (QED) is 0.793. The van der Waals surface area contributed by atoms with Gasteiger partial charge in [0.05, 0.1) is 6.42 Å². The summed E-state index contributed by atoms with van der Waals surface area (Å²) in [6.45, 7) is 2.02. The molecule has 26 heavy (non-hydrogen) atoms. The molecule has 1 amide bonds. The predicted octanol–water partition coefficient (Wildman–Crippen LogP) is 4.27. The van der Waals surface area contributed by atoms with Crippen molar-refractivity contribution in [3.05, 3.63) is 40.9 Å². The molecule has 1 saturated carbocycles. The Labute approximate surface area is 157 Å². The van der Waals surface area contributed by atoms with Crippen LogP contribution in [0.4, 0.5) is 0 Å². The largest absolute Gasteiger partial charge is 0.481 e. The van der Waals surface area contributed by atoms with Crippen LogP contribution in [0.3, 0.4) is 0 Å². The summed E-state index contributed by atoms with van der Waals surface area (Å²) < 4.78 is 0. The van der Waals surface area contributed by atoms with Crippen molar-refractivity contribution in [2.45, 2.75) is 51.5 Å². The Morgan fingerprint density at radius 1 is 1.27 bits per heavy atom. The summed E-state index contributed by atoms with van der Waals surface area (Å²) in [5, 5.41) is 14.7. The van der Waals surface area contributed by atoms with Crippen molar-refractivity contribution in [2.24, 2.45) is 5.92 Å². The van der Waals surface area contributed by atoms with E-state index in [1.165, 1.54) is 17.8 Å². The van der Waals surface area contributed by atoms with Crippen LogP contribution < -0.4 is 5.32 Å². The van der Waals surface area contributed by atoms with Crippen LogP contribution in [0.15, 0.2) is 29.6 Å². The van der Waals surface area contributed by atoms with Crippen molar-refractivity contribution in [2.75, 3.05) is 0 Å². The van der Waals surface area contributed by atoms with Crippen LogP contribution in [0, 0.1) is 12.8 Å². The Balaban J connectivity index is 1.73. The summed E-state index contributed by atoms with van der Waals surface area (Å²) in [6.07, 6.45) is 5.31. The molecule has 1 aromatic heterocycles. The highest BCUT2D eigenvalue weighted by atomic mass is 32.1. The van der Waals surface area contributed by atoms with E-state index in [0.717, 1.165) is 41.8 Å². The first kappa shape index (κ1) is 18.6. The van der Waals surface area contributed by atoms with Gasteiger partial charge in [0, 0.05) is 17.0 Å². The van der Waals surface area contributed by atoms with Gasteiger partial charge in [0.2, 0.25) is 0 Å². The van der Waals surface area contributed by atoms with E-state index in [1.807, 2.05) is 31.2 Å². The highest BCUT2D eigenvalue weighted by molar-refractivity contribution is 7.13. The first-order valence-corrected chi connectivity index (χ1v) is 9.96. The number of aliphatic carboxylic acids is 1. The summed E-state index contributed by atoms with van der Waals surface area (Å²) in [5.74, 6) is -0.920. The van der Waals surface area contributed by atoms with Gasteiger partial charge in [-0.15, -0.1) is 11.3 Å². The number of hydrogen-bond donors (Lipinski definition) is 2. The third-order valence-electron chi connectivity index (χ3n) is 5.04. The second-order valence-corrected chi connectivity index (χ2v) is 7.79. The van der Waals surface area contributed by atoms with Crippen LogP contribution in [0.2, 0.25) is 0 Å². The van der Waals surface area contributed by atoms with Gasteiger partial charge in [-0.3, -0.25) is 9.59 Å². The molecule has 138 valence electrons. The number of aryl methyl sites for hydroxylation is 1. The van der Waals surface area contributed by atoms with E-state index >= 15 is 0 Å². The molecule has 3 rings (SSSR count). The van der Waals surface area contributed by atoms with Gasteiger partial charge in [-0.25, -0.2) is 4.98 Å². The number of benzene rings is 1. The third kappa shape index (κ3) is 4.49. The van der Waals surface area contributed by atoms with Crippen LogP contribution in [0.1, 0.15) is 54.6 Å². The molecule has 1 aliphatic carbocycles. The van der Waals surface area contributed by atoms with Gasteiger partial charge in [0.15, 0.2) is 0 Å². The minimum Gasteiger partial charge on any atom is -0.481 e. The highest BCUT2D eigenvalue weighted by Crippen LogP contribution is 2.29. The van der Waals surface area contributed by atoms with E-state index in [4.69, 9.17) is 0 Å². The van der Waals surface area contributed by atoms with Crippen molar-refractivity contribution in [1.29, 1.82) is 0 Å². The van der Waals surface area contributed by atoms with Crippen molar-refractivity contribution in [3.63, 3.8) is 0 Å². The molecule has 0 spiro atoms. The second kappa shape index (κ2) is 8.45. The summed E-state index contributed by atoms with van der Waals surface area (Å²) in [5.41, 5.74) is 2.49. The molecule has 1 heterocycles. The summed E-state index contributed by atoms with van der Waals surface area (Å²) in [4.78, 5) is 28.4. The number of rotatable bonds is 6. The molecule has 1 aromatic carbocycles. The molecule has 2 N–H and O–H groups in total. The van der Waals surface area contributed by atoms with E-state index in [0.29, 0.717) is 5.69 Å². The number of carbonyl (C=O) groups is 2. The zero-order chi connectivity index (χ0) is 18.5. The van der Waals surface area contributed by atoms with Crippen molar-refractivity contribution in [1.82, 2.24) is 10.3 Å². The lowest BCUT2D eigenvalue weighted by molar-refractivity contribution is -0.137. The van der Waals surface area contributed by atoms with Gasteiger partial charge in [0.25, 0.3) is 5.91 Å². The van der Waals surface area contributed by atoms with Gasteiger partial charge >= 0.3 is 5.97 Å². The number of amides is 1. The van der Waals surface area contributed by atoms with E-state index in [2.05, 4.69) is 10.3 Å². The number of thiazole rings is 1. The topological polar surface area (TPSA) is 79.3 Å². The maximum Gasteiger partial charge on any atom is 0.305 e. The van der Waals surface area contributed by atoms with Crippen LogP contribution >= 0.6 is 11.3 Å². The number of hydrogen-bond acceptors (Lipinski definition) is 4. The lowest BCUT2D eigenvalue weighted by Gasteiger charge is -2.29. The molecular formula is C20H24N2O3S. The van der Waals surface area contributed by atoms with Crippen LogP contribution in [-0.4, -0.2) is 28.0 Å². The molecule has 0 bridgehead atoms. The van der Waals surface area contributed by atoms with Crippen molar-refractivity contribution in [3.8, 4) is 10.6 Å². The smallest absolute Gasteiger partial charge is 0.305 e. The monoisotopic (exact) mass is 372 g/mol. The zero-order valence-electron chi connectivity index (χ0n) is 14.9. The fourth-order valence-electron chi connectivity index (χ4n) is 3.62. The molecule has 1 unspecified atom stereocenters. The Bertz CT molecular complexity index is 781. The minimum absolute atomic E-state index is 0.0365. The molecule has 6 heteroatoms. The van der Waals surface area contributed by atoms with E-state index < -0.39 is 5.97 Å². The number of nitrogens with zero attached hydrogens (tertiary/aromatic N) is 1. The highest BCUT2D eigenvalue weighted by Gasteiger charge is 2.28. The molecule has 1 atom stereocenters. The number of nitrogens with one attached hydrogen (secondary N) is 1. The third-order valence-corrected chi connectivity index (χ3v) is 5.92. The van der Waals surface area contributed by atoms with Crippen molar-refractivity contribution >= 4 is 23.2 Å². The molecule has 0 radical (unpaired) electrons. The van der Waals surface area contributed by atoms with E-state index in [1.54, 1.807) is 5.38 Å². The van der Waals surface area contributed by atoms with Gasteiger partial charge in [0.1, 0.15) is 10.7 Å². The van der Waals surface area contributed by atoms with E-state index in [9.17, 15) is 14.7 Å². The molecule has 0 saturated heterocycles. The summed E-state index contributed by atoms with van der Waals surface area (Å²) >= 11 is 1.43. The van der Waals surface area contributed by atoms with Gasteiger partial charge in [-0.1, -0.05) is 43.5 Å². The molecule has 2 aromatic rings.